The van der Waals surface area contributed by atoms with Crippen molar-refractivity contribution >= 4 is 27.7 Å². The highest BCUT2D eigenvalue weighted by Gasteiger charge is 2.38. The fraction of sp³-hybridized carbons (Fsp3) is 0.273. The number of carbonyl (C=O) groups is 1. The van der Waals surface area contributed by atoms with Crippen molar-refractivity contribution < 1.29 is 36.4 Å². The minimum Gasteiger partial charge on any atom is -0.493 e. The number of aryl methyl sites for hydroxylation is 1. The first kappa shape index (κ1) is 30.4. The van der Waals surface area contributed by atoms with Crippen LogP contribution in [0.5, 0.6) is 17.2 Å². The van der Waals surface area contributed by atoms with E-state index < -0.39 is 39.4 Å². The van der Waals surface area contributed by atoms with Crippen molar-refractivity contribution in [3.05, 3.63) is 89.1 Å². The number of aromatic amines is 2. The van der Waals surface area contributed by atoms with Crippen LogP contribution in [0.2, 0.25) is 0 Å². The maximum atomic E-state index is 15.2. The van der Waals surface area contributed by atoms with Crippen molar-refractivity contribution in [2.75, 3.05) is 19.5 Å². The summed E-state index contributed by atoms with van der Waals surface area (Å²) in [6.45, 7) is 4.54. The molecule has 3 heterocycles. The number of H-pyrrole nitrogens is 2. The molecule has 0 saturated carbocycles. The lowest BCUT2D eigenvalue weighted by molar-refractivity contribution is -0.143. The van der Waals surface area contributed by atoms with Gasteiger partial charge >= 0.3 is 5.97 Å². The Bertz CT molecular complexity index is 1960. The van der Waals surface area contributed by atoms with Crippen LogP contribution >= 0.6 is 0 Å². The molecule has 1 aliphatic rings. The molecule has 12 heteroatoms. The van der Waals surface area contributed by atoms with Crippen molar-refractivity contribution in [2.24, 2.45) is 0 Å². The highest BCUT2D eigenvalue weighted by molar-refractivity contribution is 7.84. The van der Waals surface area contributed by atoms with E-state index in [9.17, 15) is 13.4 Å². The number of ether oxygens (including phenoxy) is 3. The Balaban J connectivity index is 1.33. The quantitative estimate of drug-likeness (QED) is 0.167. The number of hydrogen-bond donors (Lipinski definition) is 2. The van der Waals surface area contributed by atoms with Crippen molar-refractivity contribution in [3.63, 3.8) is 0 Å². The van der Waals surface area contributed by atoms with Gasteiger partial charge < -0.3 is 24.2 Å². The lowest BCUT2D eigenvalue weighted by Gasteiger charge is -2.36. The summed E-state index contributed by atoms with van der Waals surface area (Å²) in [6.07, 6.45) is 5.68. The number of rotatable bonds is 9. The van der Waals surface area contributed by atoms with Gasteiger partial charge in [0.25, 0.3) is 0 Å². The lowest BCUT2D eigenvalue weighted by Crippen LogP contribution is -2.32. The molecule has 5 aromatic rings. The zero-order valence-corrected chi connectivity index (χ0v) is 25.6. The number of halogens is 3. The number of hydrogen-bond acceptors (Lipinski definition) is 6. The smallest absolute Gasteiger partial charge is 0.306 e. The van der Waals surface area contributed by atoms with E-state index in [0.717, 1.165) is 17.2 Å². The maximum absolute atomic E-state index is 15.2. The standard InChI is InChI=1S/C33H30F3N3O5S/c1-4-42-25(40)11-8-18-6-5-7-22-29(18)43-15-13-33(22,2)24-17-38-32(39-24)21-16-19(9-10-23(21)34)44-30-27(36)26(35)28-20(12-14-37-28)31(30)45(3)41/h5-7,9-10,12,14,16-17,37H,4,8,11,13,15H2,1-3H3,(H,38,39)/t33-,45?/m0/s1. The minimum absolute atomic E-state index is 0.00176. The second-order valence-electron chi connectivity index (χ2n) is 10.9. The van der Waals surface area contributed by atoms with E-state index in [2.05, 4.69) is 15.0 Å². The molecule has 0 saturated heterocycles. The number of esters is 1. The predicted octanol–water partition coefficient (Wildman–Crippen LogP) is 7.09. The van der Waals surface area contributed by atoms with Gasteiger partial charge in [0, 0.05) is 47.1 Å². The zero-order chi connectivity index (χ0) is 31.9. The van der Waals surface area contributed by atoms with Gasteiger partial charge in [-0.1, -0.05) is 18.2 Å². The number of aromatic nitrogens is 3. The molecule has 2 atom stereocenters. The number of fused-ring (bicyclic) bond motifs is 2. The van der Waals surface area contributed by atoms with Crippen LogP contribution in [0, 0.1) is 17.5 Å². The van der Waals surface area contributed by atoms with Crippen molar-refractivity contribution in [1.82, 2.24) is 15.0 Å². The molecule has 234 valence electrons. The molecule has 6 rings (SSSR count). The van der Waals surface area contributed by atoms with Gasteiger partial charge in [-0.05, 0) is 56.5 Å². The molecule has 0 radical (unpaired) electrons. The van der Waals surface area contributed by atoms with E-state index in [-0.39, 0.29) is 45.3 Å². The Morgan fingerprint density at radius 3 is 2.76 bits per heavy atom. The number of nitrogens with one attached hydrogen (secondary N) is 2. The van der Waals surface area contributed by atoms with Gasteiger partial charge in [0.15, 0.2) is 11.6 Å². The summed E-state index contributed by atoms with van der Waals surface area (Å²) >= 11 is 0. The van der Waals surface area contributed by atoms with E-state index in [4.69, 9.17) is 14.2 Å². The summed E-state index contributed by atoms with van der Waals surface area (Å²) < 4.78 is 74.6. The first-order chi connectivity index (χ1) is 21.6. The van der Waals surface area contributed by atoms with Crippen LogP contribution in [-0.2, 0) is 32.2 Å². The van der Waals surface area contributed by atoms with Gasteiger partial charge in [-0.25, -0.2) is 13.8 Å². The summed E-state index contributed by atoms with van der Waals surface area (Å²) in [4.78, 5) is 22.3. The summed E-state index contributed by atoms with van der Waals surface area (Å²) in [7, 11) is -1.74. The number of benzene rings is 3. The predicted molar refractivity (Wildman–Crippen MR) is 163 cm³/mol. The second kappa shape index (κ2) is 12.1. The Morgan fingerprint density at radius 1 is 1.16 bits per heavy atom. The molecule has 1 aliphatic heterocycles. The minimum atomic E-state index is -1.74. The van der Waals surface area contributed by atoms with Crippen LogP contribution in [-0.4, -0.2) is 44.6 Å². The molecule has 45 heavy (non-hydrogen) atoms. The number of carbonyl (C=O) groups excluding carboxylic acids is 1. The Kier molecular flexibility index (Phi) is 8.17. The number of para-hydroxylation sites is 1. The fourth-order valence-corrected chi connectivity index (χ4v) is 6.65. The number of nitrogens with zero attached hydrogens (tertiary/aromatic N) is 1. The molecular formula is C33H30F3N3O5S. The van der Waals surface area contributed by atoms with Gasteiger partial charge in [0.1, 0.15) is 23.1 Å². The van der Waals surface area contributed by atoms with Crippen LogP contribution < -0.4 is 9.47 Å². The molecular weight excluding hydrogens is 607 g/mol. The highest BCUT2D eigenvalue weighted by Crippen LogP contribution is 2.45. The Hall–Kier alpha value is -4.58. The van der Waals surface area contributed by atoms with E-state index in [1.54, 1.807) is 13.1 Å². The first-order valence-corrected chi connectivity index (χ1v) is 15.9. The van der Waals surface area contributed by atoms with Crippen molar-refractivity contribution in [3.8, 4) is 28.6 Å². The average molecular weight is 638 g/mol. The molecule has 1 unspecified atom stereocenters. The van der Waals surface area contributed by atoms with Crippen molar-refractivity contribution in [2.45, 2.75) is 43.4 Å². The molecule has 0 amide bonds. The third kappa shape index (κ3) is 5.47. The third-order valence-corrected chi connectivity index (χ3v) is 9.10. The topological polar surface area (TPSA) is 106 Å². The van der Waals surface area contributed by atoms with Crippen molar-refractivity contribution in [1.29, 1.82) is 0 Å². The third-order valence-electron chi connectivity index (χ3n) is 8.12. The molecule has 8 nitrogen and oxygen atoms in total. The van der Waals surface area contributed by atoms with E-state index in [0.29, 0.717) is 37.5 Å². The molecule has 0 spiro atoms. The van der Waals surface area contributed by atoms with Gasteiger partial charge in [0.2, 0.25) is 5.82 Å². The van der Waals surface area contributed by atoms with Crippen LogP contribution in [0.15, 0.2) is 59.8 Å². The summed E-state index contributed by atoms with van der Waals surface area (Å²) in [6, 6.07) is 11.0. The largest absolute Gasteiger partial charge is 0.493 e. The Morgan fingerprint density at radius 2 is 1.98 bits per heavy atom. The van der Waals surface area contributed by atoms with Gasteiger partial charge in [-0.2, -0.15) is 4.39 Å². The van der Waals surface area contributed by atoms with Gasteiger partial charge in [-0.15, -0.1) is 0 Å². The van der Waals surface area contributed by atoms with Crippen LogP contribution in [0.1, 0.15) is 43.5 Å². The molecule has 0 bridgehead atoms. The van der Waals surface area contributed by atoms with E-state index in [1.165, 1.54) is 30.7 Å². The van der Waals surface area contributed by atoms with Gasteiger partial charge in [-0.3, -0.25) is 9.00 Å². The van der Waals surface area contributed by atoms with Crippen LogP contribution in [0.3, 0.4) is 0 Å². The highest BCUT2D eigenvalue weighted by atomic mass is 32.2. The molecule has 2 N–H and O–H groups in total. The normalized spacial score (nSPS) is 16.7. The molecule has 0 aliphatic carbocycles. The van der Waals surface area contributed by atoms with E-state index in [1.807, 2.05) is 25.1 Å². The second-order valence-corrected chi connectivity index (χ2v) is 12.2. The summed E-state index contributed by atoms with van der Waals surface area (Å²) in [5.41, 5.74) is 1.85. The maximum Gasteiger partial charge on any atom is 0.306 e. The summed E-state index contributed by atoms with van der Waals surface area (Å²) in [5.74, 6) is -3.02. The van der Waals surface area contributed by atoms with E-state index >= 15 is 8.78 Å². The van der Waals surface area contributed by atoms with Crippen LogP contribution in [0.4, 0.5) is 13.2 Å². The monoisotopic (exact) mass is 637 g/mol. The average Bonchev–Trinajstić information content (AvgIpc) is 3.71. The van der Waals surface area contributed by atoms with Gasteiger partial charge in [0.05, 0.1) is 40.0 Å². The fourth-order valence-electron chi connectivity index (χ4n) is 5.78. The Labute approximate surface area is 259 Å². The summed E-state index contributed by atoms with van der Waals surface area (Å²) in [5, 5.41) is 0.219. The lowest BCUT2D eigenvalue weighted by atomic mass is 9.74. The SMILES string of the molecule is CCOC(=O)CCc1cccc2c1OCC[C@]2(C)c1cnc(-c2cc(Oc3c(F)c(F)c4[nH]ccc4c3S(C)=O)ccc2F)[nH]1. The first-order valence-electron chi connectivity index (χ1n) is 14.4. The molecule has 3 aromatic carbocycles. The number of imidazole rings is 1. The zero-order valence-electron chi connectivity index (χ0n) is 24.8. The molecule has 2 aromatic heterocycles. The molecule has 0 fully saturated rings. The van der Waals surface area contributed by atoms with Crippen LogP contribution in [0.25, 0.3) is 22.3 Å².